The maximum absolute atomic E-state index is 13.1. The van der Waals surface area contributed by atoms with Gasteiger partial charge in [0.15, 0.2) is 0 Å². The zero-order valence-electron chi connectivity index (χ0n) is 20.1. The Morgan fingerprint density at radius 1 is 0.784 bits per heavy atom. The molecular formula is C29H26Cl2N2O3S. The molecule has 0 radical (unpaired) electrons. The molecule has 1 aliphatic rings. The number of likely N-dealkylation sites (tertiary alicyclic amines) is 1. The first-order valence-electron chi connectivity index (χ1n) is 11.9. The summed E-state index contributed by atoms with van der Waals surface area (Å²) in [6.07, 6.45) is 0. The van der Waals surface area contributed by atoms with Crippen LogP contribution in [0.2, 0.25) is 10.0 Å². The van der Waals surface area contributed by atoms with Gasteiger partial charge in [-0.2, -0.15) is 0 Å². The van der Waals surface area contributed by atoms with E-state index in [0.717, 1.165) is 11.1 Å². The molecule has 2 atom stereocenters. The summed E-state index contributed by atoms with van der Waals surface area (Å²) in [5.41, 5.74) is 2.16. The average molecular weight is 554 g/mol. The first-order chi connectivity index (χ1) is 17.8. The fraction of sp³-hybridized carbons (Fsp3) is 0.172. The molecule has 4 aromatic carbocycles. The Balaban J connectivity index is 1.29. The lowest BCUT2D eigenvalue weighted by molar-refractivity contribution is 0.0370. The number of nitrogens with zero attached hydrogens (tertiary/aromatic N) is 1. The number of sulfonamides is 1. The van der Waals surface area contributed by atoms with E-state index in [0.29, 0.717) is 28.1 Å². The summed E-state index contributed by atoms with van der Waals surface area (Å²) in [7, 11) is -3.70. The van der Waals surface area contributed by atoms with Crippen molar-refractivity contribution in [2.45, 2.75) is 29.9 Å². The summed E-state index contributed by atoms with van der Waals surface area (Å²) in [4.78, 5) is 2.47. The van der Waals surface area contributed by atoms with Crippen molar-refractivity contribution < 1.29 is 13.2 Å². The molecular weight excluding hydrogens is 527 g/mol. The van der Waals surface area contributed by atoms with Gasteiger partial charge < -0.3 is 4.74 Å². The Kier molecular flexibility index (Phi) is 7.56. The van der Waals surface area contributed by atoms with Gasteiger partial charge in [-0.1, -0.05) is 65.7 Å². The number of para-hydroxylation sites is 1. The van der Waals surface area contributed by atoms with Crippen molar-refractivity contribution in [3.8, 4) is 11.5 Å². The molecule has 5 nitrogen and oxygen atoms in total. The molecule has 0 saturated carbocycles. The van der Waals surface area contributed by atoms with Crippen molar-refractivity contribution in [2.75, 3.05) is 6.54 Å². The molecule has 0 bridgehead atoms. The van der Waals surface area contributed by atoms with Gasteiger partial charge in [-0.3, -0.25) is 4.90 Å². The number of halogens is 2. The standard InChI is InChI=1S/C29H26Cl2N2O3S/c1-20-28(32-37(34,35)27-17-15-26(16-18-27)36-25-5-3-2-4-6-25)19-33(20)29(21-7-11-23(30)12-8-21)22-9-13-24(31)14-10-22/h2-18,20,28-29,32H,19H2,1H3/t20-,28+/m1/s1. The molecule has 5 rings (SSSR count). The SMILES string of the molecule is C[C@@H]1[C@@H](NS(=O)(=O)c2ccc(Oc3ccccc3)cc2)CN1C(c1ccc(Cl)cc1)c1ccc(Cl)cc1. The third kappa shape index (κ3) is 5.84. The molecule has 4 aromatic rings. The maximum Gasteiger partial charge on any atom is 0.240 e. The van der Waals surface area contributed by atoms with E-state index in [1.807, 2.05) is 85.8 Å². The Morgan fingerprint density at radius 3 is 1.81 bits per heavy atom. The van der Waals surface area contributed by atoms with Crippen LogP contribution in [0.3, 0.4) is 0 Å². The van der Waals surface area contributed by atoms with E-state index in [4.69, 9.17) is 27.9 Å². The van der Waals surface area contributed by atoms with E-state index < -0.39 is 10.0 Å². The number of ether oxygens (including phenoxy) is 1. The van der Waals surface area contributed by atoms with Crippen molar-refractivity contribution in [2.24, 2.45) is 0 Å². The van der Waals surface area contributed by atoms with Crippen molar-refractivity contribution in [3.05, 3.63) is 124 Å². The second kappa shape index (κ2) is 10.9. The highest BCUT2D eigenvalue weighted by Crippen LogP contribution is 2.37. The van der Waals surface area contributed by atoms with Gasteiger partial charge in [-0.15, -0.1) is 0 Å². The largest absolute Gasteiger partial charge is 0.457 e. The second-order valence-corrected chi connectivity index (χ2v) is 11.6. The first-order valence-corrected chi connectivity index (χ1v) is 14.2. The van der Waals surface area contributed by atoms with Crippen LogP contribution < -0.4 is 9.46 Å². The number of hydrogen-bond acceptors (Lipinski definition) is 4. The molecule has 1 N–H and O–H groups in total. The zero-order valence-corrected chi connectivity index (χ0v) is 22.4. The van der Waals surface area contributed by atoms with Crippen LogP contribution in [0.15, 0.2) is 108 Å². The third-order valence-electron chi connectivity index (χ3n) is 6.64. The third-order valence-corrected chi connectivity index (χ3v) is 8.65. The highest BCUT2D eigenvalue weighted by molar-refractivity contribution is 7.89. The number of nitrogens with one attached hydrogen (secondary N) is 1. The van der Waals surface area contributed by atoms with Gasteiger partial charge in [0.05, 0.1) is 17.0 Å². The van der Waals surface area contributed by atoms with Crippen LogP contribution in [0, 0.1) is 0 Å². The molecule has 0 spiro atoms. The van der Waals surface area contributed by atoms with Crippen LogP contribution in [0.25, 0.3) is 0 Å². The highest BCUT2D eigenvalue weighted by atomic mass is 35.5. The molecule has 0 amide bonds. The number of benzene rings is 4. The van der Waals surface area contributed by atoms with Gasteiger partial charge in [-0.25, -0.2) is 13.1 Å². The van der Waals surface area contributed by atoms with Crippen molar-refractivity contribution in [3.63, 3.8) is 0 Å². The van der Waals surface area contributed by atoms with E-state index >= 15 is 0 Å². The van der Waals surface area contributed by atoms with E-state index in [1.165, 1.54) is 0 Å². The molecule has 1 fully saturated rings. The Morgan fingerprint density at radius 2 is 1.30 bits per heavy atom. The Bertz CT molecular complexity index is 1400. The lowest BCUT2D eigenvalue weighted by Gasteiger charge is -2.50. The van der Waals surface area contributed by atoms with Crippen LogP contribution in [0.5, 0.6) is 11.5 Å². The highest BCUT2D eigenvalue weighted by Gasteiger charge is 2.42. The first kappa shape index (κ1) is 25.8. The normalized spacial score (nSPS) is 17.9. The van der Waals surface area contributed by atoms with E-state index in [2.05, 4.69) is 9.62 Å². The van der Waals surface area contributed by atoms with Crippen molar-refractivity contribution >= 4 is 33.2 Å². The predicted octanol–water partition coefficient (Wildman–Crippen LogP) is 6.93. The summed E-state index contributed by atoms with van der Waals surface area (Å²) in [5.74, 6) is 1.26. The molecule has 1 saturated heterocycles. The molecule has 0 aromatic heterocycles. The molecule has 0 aliphatic carbocycles. The quantitative estimate of drug-likeness (QED) is 0.257. The minimum atomic E-state index is -3.70. The van der Waals surface area contributed by atoms with Gasteiger partial charge in [0.1, 0.15) is 11.5 Å². The molecule has 37 heavy (non-hydrogen) atoms. The van der Waals surface area contributed by atoms with Crippen LogP contribution >= 0.6 is 23.2 Å². The van der Waals surface area contributed by atoms with Gasteiger partial charge in [0.2, 0.25) is 10.0 Å². The van der Waals surface area contributed by atoms with Gasteiger partial charge >= 0.3 is 0 Å². The van der Waals surface area contributed by atoms with Crippen LogP contribution in [-0.2, 0) is 10.0 Å². The summed E-state index contributed by atoms with van der Waals surface area (Å²) in [6.45, 7) is 2.60. The van der Waals surface area contributed by atoms with Gasteiger partial charge in [-0.05, 0) is 78.7 Å². The Labute approximate surface area is 227 Å². The smallest absolute Gasteiger partial charge is 0.240 e. The minimum absolute atomic E-state index is 0.0354. The second-order valence-electron chi connectivity index (χ2n) is 9.06. The lowest BCUT2D eigenvalue weighted by atomic mass is 9.89. The van der Waals surface area contributed by atoms with E-state index in [1.54, 1.807) is 24.3 Å². The Hall–Kier alpha value is -2.87. The van der Waals surface area contributed by atoms with Gasteiger partial charge in [0, 0.05) is 22.6 Å². The van der Waals surface area contributed by atoms with Crippen molar-refractivity contribution in [1.29, 1.82) is 0 Å². The zero-order chi connectivity index (χ0) is 26.0. The summed E-state index contributed by atoms with van der Waals surface area (Å²) >= 11 is 12.3. The van der Waals surface area contributed by atoms with E-state index in [-0.39, 0.29) is 23.0 Å². The molecule has 1 heterocycles. The maximum atomic E-state index is 13.1. The molecule has 1 aliphatic heterocycles. The summed E-state index contributed by atoms with van der Waals surface area (Å²) in [5, 5.41) is 1.34. The lowest BCUT2D eigenvalue weighted by Crippen LogP contribution is -2.66. The van der Waals surface area contributed by atoms with Crippen LogP contribution in [0.1, 0.15) is 24.1 Å². The van der Waals surface area contributed by atoms with Crippen LogP contribution in [0.4, 0.5) is 0 Å². The predicted molar refractivity (Wildman–Crippen MR) is 148 cm³/mol. The number of rotatable bonds is 8. The fourth-order valence-corrected chi connectivity index (χ4v) is 6.11. The number of hydrogen-bond donors (Lipinski definition) is 1. The molecule has 190 valence electrons. The monoisotopic (exact) mass is 552 g/mol. The minimum Gasteiger partial charge on any atom is -0.457 e. The molecule has 8 heteroatoms. The topological polar surface area (TPSA) is 58.6 Å². The summed E-state index contributed by atoms with van der Waals surface area (Å²) in [6, 6.07) is 31.0. The summed E-state index contributed by atoms with van der Waals surface area (Å²) < 4.78 is 34.9. The molecule has 0 unspecified atom stereocenters. The van der Waals surface area contributed by atoms with Crippen molar-refractivity contribution in [1.82, 2.24) is 9.62 Å². The van der Waals surface area contributed by atoms with Gasteiger partial charge in [0.25, 0.3) is 0 Å². The average Bonchev–Trinajstić information content (AvgIpc) is 2.90. The van der Waals surface area contributed by atoms with Crippen LogP contribution in [-0.4, -0.2) is 31.9 Å². The van der Waals surface area contributed by atoms with E-state index in [9.17, 15) is 8.42 Å². The fourth-order valence-electron chi connectivity index (χ4n) is 4.56.